The van der Waals surface area contributed by atoms with Gasteiger partial charge in [0.25, 0.3) is 0 Å². The topological polar surface area (TPSA) is 78.9 Å². The highest BCUT2D eigenvalue weighted by Gasteiger charge is 2.33. The second-order valence-corrected chi connectivity index (χ2v) is 5.42. The van der Waals surface area contributed by atoms with Gasteiger partial charge in [-0.05, 0) is 18.1 Å². The van der Waals surface area contributed by atoms with Gasteiger partial charge in [-0.3, -0.25) is 4.79 Å². The Bertz CT molecular complexity index is 560. The number of aliphatic carboxylic acids is 1. The van der Waals surface area contributed by atoms with Crippen LogP contribution in [-0.2, 0) is 20.7 Å². The van der Waals surface area contributed by atoms with Crippen LogP contribution in [0.1, 0.15) is 5.56 Å². The van der Waals surface area contributed by atoms with Gasteiger partial charge in [0.15, 0.2) is 6.10 Å². The summed E-state index contributed by atoms with van der Waals surface area (Å²) in [5, 5.41) is 12.3. The largest absolute Gasteiger partial charge is 0.479 e. The van der Waals surface area contributed by atoms with E-state index in [0.29, 0.717) is 19.5 Å². The number of anilines is 1. The Balaban J connectivity index is 1.67. The third-order valence-electron chi connectivity index (χ3n) is 4.03. The number of carbonyl (C=O) groups is 2. The number of fused-ring (bicyclic) bond motifs is 1. The summed E-state index contributed by atoms with van der Waals surface area (Å²) in [4.78, 5) is 25.2. The molecule has 1 amide bonds. The molecule has 2 heterocycles. The summed E-state index contributed by atoms with van der Waals surface area (Å²) < 4.78 is 5.15. The third kappa shape index (κ3) is 2.85. The minimum Gasteiger partial charge on any atom is -0.479 e. The molecule has 0 radical (unpaired) electrons. The van der Waals surface area contributed by atoms with Crippen LogP contribution in [0.5, 0.6) is 0 Å². The van der Waals surface area contributed by atoms with Crippen LogP contribution < -0.4 is 5.32 Å². The zero-order valence-corrected chi connectivity index (χ0v) is 11.6. The molecular formula is C15H18N2O4. The first-order valence-corrected chi connectivity index (χ1v) is 7.10. The first kappa shape index (κ1) is 13.9. The van der Waals surface area contributed by atoms with Crippen molar-refractivity contribution in [3.8, 4) is 0 Å². The quantitative estimate of drug-likeness (QED) is 0.833. The number of carboxylic acid groups (broad SMARTS) is 1. The van der Waals surface area contributed by atoms with Crippen molar-refractivity contribution in [1.29, 1.82) is 0 Å². The number of ether oxygens (including phenoxy) is 1. The van der Waals surface area contributed by atoms with Gasteiger partial charge in [-0.1, -0.05) is 18.2 Å². The van der Waals surface area contributed by atoms with Gasteiger partial charge in [-0.15, -0.1) is 0 Å². The molecule has 0 aromatic heterocycles. The van der Waals surface area contributed by atoms with Crippen molar-refractivity contribution in [3.63, 3.8) is 0 Å². The Labute approximate surface area is 122 Å². The Hall–Kier alpha value is -2.08. The molecule has 0 bridgehead atoms. The number of amides is 1. The van der Waals surface area contributed by atoms with Gasteiger partial charge in [-0.2, -0.15) is 0 Å². The molecule has 2 N–H and O–H groups in total. The average molecular weight is 290 g/mol. The molecule has 1 saturated heterocycles. The Kier molecular flexibility index (Phi) is 3.79. The smallest absolute Gasteiger partial charge is 0.334 e. The minimum atomic E-state index is -1.01. The first-order valence-electron chi connectivity index (χ1n) is 7.10. The molecule has 3 rings (SSSR count). The highest BCUT2D eigenvalue weighted by molar-refractivity contribution is 5.82. The van der Waals surface area contributed by atoms with E-state index in [1.807, 2.05) is 24.3 Å². The van der Waals surface area contributed by atoms with Gasteiger partial charge < -0.3 is 20.1 Å². The Morgan fingerprint density at radius 1 is 1.33 bits per heavy atom. The third-order valence-corrected chi connectivity index (χ3v) is 4.03. The van der Waals surface area contributed by atoms with Crippen LogP contribution >= 0.6 is 0 Å². The second-order valence-electron chi connectivity index (χ2n) is 5.42. The van der Waals surface area contributed by atoms with Gasteiger partial charge in [-0.25, -0.2) is 4.79 Å². The van der Waals surface area contributed by atoms with Gasteiger partial charge in [0.05, 0.1) is 19.1 Å². The van der Waals surface area contributed by atoms with E-state index < -0.39 is 12.1 Å². The molecule has 0 saturated carbocycles. The average Bonchev–Trinajstić information content (AvgIpc) is 2.53. The number of carboxylic acids is 1. The van der Waals surface area contributed by atoms with Crippen LogP contribution in [0.15, 0.2) is 24.3 Å². The zero-order valence-electron chi connectivity index (χ0n) is 11.6. The molecule has 2 aliphatic rings. The van der Waals surface area contributed by atoms with E-state index in [4.69, 9.17) is 9.84 Å². The van der Waals surface area contributed by atoms with Gasteiger partial charge >= 0.3 is 5.97 Å². The second kappa shape index (κ2) is 5.73. The first-order chi connectivity index (χ1) is 10.1. The lowest BCUT2D eigenvalue weighted by Crippen LogP contribution is -2.51. The van der Waals surface area contributed by atoms with E-state index in [2.05, 4.69) is 5.32 Å². The lowest BCUT2D eigenvalue weighted by Gasteiger charge is -2.35. The maximum atomic E-state index is 12.6. The van der Waals surface area contributed by atoms with Crippen molar-refractivity contribution in [2.75, 3.05) is 31.6 Å². The maximum Gasteiger partial charge on any atom is 0.334 e. The van der Waals surface area contributed by atoms with Crippen LogP contribution in [0.3, 0.4) is 0 Å². The number of hydrogen-bond donors (Lipinski definition) is 2. The molecule has 6 heteroatoms. The number of nitrogens with one attached hydrogen (secondary N) is 1. The molecule has 1 aromatic rings. The van der Waals surface area contributed by atoms with Gasteiger partial charge in [0.2, 0.25) is 5.91 Å². The van der Waals surface area contributed by atoms with Gasteiger partial charge in [0.1, 0.15) is 0 Å². The summed E-state index contributed by atoms with van der Waals surface area (Å²) in [5.41, 5.74) is 2.21. The number of nitrogens with zero attached hydrogens (tertiary/aromatic N) is 1. The van der Waals surface area contributed by atoms with Gasteiger partial charge in [0, 0.05) is 18.8 Å². The van der Waals surface area contributed by atoms with E-state index in [-0.39, 0.29) is 25.0 Å². The lowest BCUT2D eigenvalue weighted by atomic mass is 9.92. The van der Waals surface area contributed by atoms with E-state index in [9.17, 15) is 9.59 Å². The van der Waals surface area contributed by atoms with Crippen molar-refractivity contribution in [2.45, 2.75) is 12.5 Å². The molecule has 2 aliphatic heterocycles. The summed E-state index contributed by atoms with van der Waals surface area (Å²) in [6.45, 7) is 1.46. The number of morpholine rings is 1. The predicted octanol–water partition coefficient (Wildman–Crippen LogP) is 0.583. The number of benzene rings is 1. The van der Waals surface area contributed by atoms with E-state index in [1.165, 1.54) is 0 Å². The summed E-state index contributed by atoms with van der Waals surface area (Å²) in [6, 6.07) is 7.95. The van der Waals surface area contributed by atoms with E-state index in [0.717, 1.165) is 11.3 Å². The van der Waals surface area contributed by atoms with Crippen LogP contribution in [-0.4, -0.2) is 54.2 Å². The predicted molar refractivity (Wildman–Crippen MR) is 76.1 cm³/mol. The zero-order chi connectivity index (χ0) is 14.8. The summed E-state index contributed by atoms with van der Waals surface area (Å²) >= 11 is 0. The van der Waals surface area contributed by atoms with Crippen LogP contribution in [0.4, 0.5) is 5.69 Å². The lowest BCUT2D eigenvalue weighted by molar-refractivity contribution is -0.160. The molecule has 0 spiro atoms. The Morgan fingerprint density at radius 3 is 2.95 bits per heavy atom. The fourth-order valence-corrected chi connectivity index (χ4v) is 2.87. The molecule has 6 nitrogen and oxygen atoms in total. The van der Waals surface area contributed by atoms with Crippen molar-refractivity contribution >= 4 is 17.6 Å². The number of rotatable bonds is 2. The minimum absolute atomic E-state index is 0.00607. The molecule has 21 heavy (non-hydrogen) atoms. The van der Waals surface area contributed by atoms with Crippen molar-refractivity contribution < 1.29 is 19.4 Å². The van der Waals surface area contributed by atoms with E-state index >= 15 is 0 Å². The molecule has 0 aliphatic carbocycles. The number of hydrogen-bond acceptors (Lipinski definition) is 4. The monoisotopic (exact) mass is 290 g/mol. The molecule has 2 unspecified atom stereocenters. The molecule has 112 valence electrons. The van der Waals surface area contributed by atoms with Crippen molar-refractivity contribution in [3.05, 3.63) is 29.8 Å². The molecular weight excluding hydrogens is 272 g/mol. The van der Waals surface area contributed by atoms with Crippen LogP contribution in [0.25, 0.3) is 0 Å². The SMILES string of the molecule is O=C(O)C1CN(C(=O)C2CNc3ccccc3C2)CCO1. The molecule has 1 fully saturated rings. The summed E-state index contributed by atoms with van der Waals surface area (Å²) in [6.07, 6.45) is -0.219. The van der Waals surface area contributed by atoms with Crippen molar-refractivity contribution in [1.82, 2.24) is 4.90 Å². The standard InChI is InChI=1S/C15H18N2O4/c18-14(17-5-6-21-13(9-17)15(19)20)11-7-10-3-1-2-4-12(10)16-8-11/h1-4,11,13,16H,5-9H2,(H,19,20). The highest BCUT2D eigenvalue weighted by Crippen LogP contribution is 2.25. The summed E-state index contributed by atoms with van der Waals surface area (Å²) in [5.74, 6) is -1.15. The van der Waals surface area contributed by atoms with Crippen LogP contribution in [0.2, 0.25) is 0 Å². The fraction of sp³-hybridized carbons (Fsp3) is 0.467. The normalized spacial score (nSPS) is 24.9. The maximum absolute atomic E-state index is 12.6. The highest BCUT2D eigenvalue weighted by atomic mass is 16.5. The van der Waals surface area contributed by atoms with Crippen LogP contribution in [0, 0.1) is 5.92 Å². The summed E-state index contributed by atoms with van der Waals surface area (Å²) in [7, 11) is 0. The Morgan fingerprint density at radius 2 is 2.14 bits per heavy atom. The fourth-order valence-electron chi connectivity index (χ4n) is 2.87. The van der Waals surface area contributed by atoms with Crippen molar-refractivity contribution in [2.24, 2.45) is 5.92 Å². The number of carbonyl (C=O) groups excluding carboxylic acids is 1. The van der Waals surface area contributed by atoms with E-state index in [1.54, 1.807) is 4.90 Å². The molecule has 2 atom stereocenters. The number of para-hydroxylation sites is 1. The molecule has 1 aromatic carbocycles.